The first-order valence-corrected chi connectivity index (χ1v) is 9.49. The van der Waals surface area contributed by atoms with Crippen LogP contribution < -0.4 is 4.72 Å². The molecule has 1 aromatic carbocycles. The average molecular weight is 340 g/mol. The highest BCUT2D eigenvalue weighted by Gasteiger charge is 2.17. The van der Waals surface area contributed by atoms with Crippen molar-refractivity contribution in [1.29, 1.82) is 0 Å². The Hall–Kier alpha value is -1.58. The van der Waals surface area contributed by atoms with E-state index in [0.717, 1.165) is 14.6 Å². The van der Waals surface area contributed by atoms with Crippen molar-refractivity contribution >= 4 is 49.0 Å². The van der Waals surface area contributed by atoms with E-state index in [1.165, 1.54) is 17.5 Å². The molecule has 0 bridgehead atoms. The second kappa shape index (κ2) is 5.32. The number of aryl methyl sites for hydroxylation is 1. The molecule has 0 aliphatic heterocycles. The van der Waals surface area contributed by atoms with Gasteiger partial charge in [0.05, 0.1) is 22.1 Å². The second-order valence-electron chi connectivity index (χ2n) is 4.30. The molecule has 0 saturated carbocycles. The van der Waals surface area contributed by atoms with Crippen LogP contribution in [0.2, 0.25) is 0 Å². The monoisotopic (exact) mass is 340 g/mol. The molecule has 0 amide bonds. The van der Waals surface area contributed by atoms with E-state index in [4.69, 9.17) is 0 Å². The number of thioether (sulfide) groups is 1. The van der Waals surface area contributed by atoms with Crippen molar-refractivity contribution in [2.24, 2.45) is 0 Å². The minimum absolute atomic E-state index is 0.0502. The summed E-state index contributed by atoms with van der Waals surface area (Å²) in [5.74, 6) is 0.554. The zero-order valence-electron chi connectivity index (χ0n) is 11.2. The molecule has 2 heterocycles. The predicted molar refractivity (Wildman–Crippen MR) is 85.5 cm³/mol. The molecule has 0 saturated heterocycles. The Morgan fingerprint density at radius 1 is 1.38 bits per heavy atom. The summed E-state index contributed by atoms with van der Waals surface area (Å²) in [7, 11) is -3.65. The molecule has 3 rings (SSSR count). The van der Waals surface area contributed by atoms with Crippen molar-refractivity contribution in [2.45, 2.75) is 16.3 Å². The molecule has 2 aromatic heterocycles. The van der Waals surface area contributed by atoms with Gasteiger partial charge in [0.2, 0.25) is 0 Å². The number of imidazole rings is 1. The Morgan fingerprint density at radius 2 is 2.19 bits per heavy atom. The first kappa shape index (κ1) is 14.4. The number of thiazole rings is 1. The lowest BCUT2D eigenvalue weighted by Crippen LogP contribution is -2.13. The van der Waals surface area contributed by atoms with E-state index in [1.807, 2.05) is 12.3 Å². The molecule has 0 aliphatic rings. The maximum atomic E-state index is 12.2. The highest BCUT2D eigenvalue weighted by atomic mass is 32.2. The zero-order valence-corrected chi connectivity index (χ0v) is 13.7. The van der Waals surface area contributed by atoms with Crippen molar-refractivity contribution in [3.63, 3.8) is 0 Å². The molecule has 21 heavy (non-hydrogen) atoms. The molecule has 0 radical (unpaired) electrons. The number of hydrogen-bond acceptors (Lipinski definition) is 6. The molecule has 9 heteroatoms. The maximum absolute atomic E-state index is 12.2. The van der Waals surface area contributed by atoms with Crippen molar-refractivity contribution in [3.8, 4) is 0 Å². The molecule has 0 atom stereocenters. The fourth-order valence-corrected chi connectivity index (χ4v) is 4.35. The molecule has 0 fully saturated rings. The van der Waals surface area contributed by atoms with Gasteiger partial charge in [-0.1, -0.05) is 11.8 Å². The number of nitrogens with zero attached hydrogens (tertiary/aromatic N) is 2. The number of fused-ring (bicyclic) bond motifs is 1. The van der Waals surface area contributed by atoms with E-state index in [2.05, 4.69) is 19.7 Å². The molecule has 0 unspecified atom stereocenters. The summed E-state index contributed by atoms with van der Waals surface area (Å²) in [6, 6.07) is 5.29. The van der Waals surface area contributed by atoms with Gasteiger partial charge in [-0.2, -0.15) is 8.42 Å². The third-order valence-electron chi connectivity index (χ3n) is 2.76. The first-order valence-electron chi connectivity index (χ1n) is 5.97. The van der Waals surface area contributed by atoms with Gasteiger partial charge in [0, 0.05) is 0 Å². The van der Waals surface area contributed by atoms with E-state index in [9.17, 15) is 8.42 Å². The van der Waals surface area contributed by atoms with Crippen LogP contribution in [0.4, 0.5) is 5.69 Å². The van der Waals surface area contributed by atoms with Crippen molar-refractivity contribution < 1.29 is 8.42 Å². The maximum Gasteiger partial charge on any atom is 0.278 e. The van der Waals surface area contributed by atoms with Gasteiger partial charge in [-0.05, 0) is 31.4 Å². The Kier molecular flexibility index (Phi) is 3.64. The standard InChI is InChI=1S/C12H12N4O2S3/c1-7-13-6-11(14-7)21(17,18)16-8-3-4-9-10(5-8)20-12(15-9)19-2/h3-6,16H,1-2H3,(H,13,14). The van der Waals surface area contributed by atoms with Gasteiger partial charge in [-0.25, -0.2) is 9.97 Å². The zero-order chi connectivity index (χ0) is 15.0. The summed E-state index contributed by atoms with van der Waals surface area (Å²) >= 11 is 3.10. The lowest BCUT2D eigenvalue weighted by atomic mass is 10.3. The van der Waals surface area contributed by atoms with Crippen molar-refractivity contribution in [3.05, 3.63) is 30.2 Å². The van der Waals surface area contributed by atoms with E-state index in [0.29, 0.717) is 11.5 Å². The van der Waals surface area contributed by atoms with Crippen LogP contribution in [0.1, 0.15) is 5.82 Å². The number of aromatic amines is 1. The Labute approximate surface area is 130 Å². The average Bonchev–Trinajstić information content (AvgIpc) is 3.03. The van der Waals surface area contributed by atoms with Gasteiger partial charge in [0.15, 0.2) is 9.37 Å². The molecule has 0 spiro atoms. The largest absolute Gasteiger partial charge is 0.332 e. The Bertz CT molecular complexity index is 898. The van der Waals surface area contributed by atoms with E-state index < -0.39 is 10.0 Å². The summed E-state index contributed by atoms with van der Waals surface area (Å²) in [4.78, 5) is 11.0. The molecule has 110 valence electrons. The minimum Gasteiger partial charge on any atom is -0.332 e. The lowest BCUT2D eigenvalue weighted by Gasteiger charge is -2.05. The minimum atomic E-state index is -3.65. The number of anilines is 1. The third-order valence-corrected chi connectivity index (χ3v) is 6.06. The van der Waals surface area contributed by atoms with E-state index in [-0.39, 0.29) is 5.03 Å². The van der Waals surface area contributed by atoms with Crippen LogP contribution in [-0.2, 0) is 10.0 Å². The number of aromatic nitrogens is 3. The predicted octanol–water partition coefficient (Wildman–Crippen LogP) is 2.85. The fourth-order valence-electron chi connectivity index (χ4n) is 1.80. The number of H-pyrrole nitrogens is 1. The second-order valence-corrected chi connectivity index (χ2v) is 8.04. The quantitative estimate of drug-likeness (QED) is 0.713. The van der Waals surface area contributed by atoms with Gasteiger partial charge in [0.25, 0.3) is 10.0 Å². The number of sulfonamides is 1. The lowest BCUT2D eigenvalue weighted by molar-refractivity contribution is 0.598. The summed E-state index contributed by atoms with van der Waals surface area (Å²) < 4.78 is 28.9. The van der Waals surface area contributed by atoms with E-state index in [1.54, 1.807) is 30.8 Å². The van der Waals surface area contributed by atoms with Crippen LogP contribution in [-0.4, -0.2) is 29.6 Å². The van der Waals surface area contributed by atoms with Crippen LogP contribution in [0.25, 0.3) is 10.2 Å². The van der Waals surface area contributed by atoms with Gasteiger partial charge in [0.1, 0.15) is 5.82 Å². The normalized spacial score (nSPS) is 11.9. The number of hydrogen-bond donors (Lipinski definition) is 2. The summed E-state index contributed by atoms with van der Waals surface area (Å²) in [5.41, 5.74) is 1.37. The van der Waals surface area contributed by atoms with Gasteiger partial charge in [-0.15, -0.1) is 11.3 Å². The molecular formula is C12H12N4O2S3. The number of rotatable bonds is 4. The summed E-state index contributed by atoms with van der Waals surface area (Å²) in [6.45, 7) is 1.70. The topological polar surface area (TPSA) is 87.7 Å². The van der Waals surface area contributed by atoms with Crippen LogP contribution >= 0.6 is 23.1 Å². The molecule has 2 N–H and O–H groups in total. The van der Waals surface area contributed by atoms with Crippen molar-refractivity contribution in [1.82, 2.24) is 15.0 Å². The summed E-state index contributed by atoms with van der Waals surface area (Å²) in [5, 5.41) is 0.0502. The van der Waals surface area contributed by atoms with E-state index >= 15 is 0 Å². The molecule has 6 nitrogen and oxygen atoms in total. The highest BCUT2D eigenvalue weighted by molar-refractivity contribution is 8.00. The van der Waals surface area contributed by atoms with Gasteiger partial charge < -0.3 is 4.98 Å². The van der Waals surface area contributed by atoms with Crippen LogP contribution in [0, 0.1) is 6.92 Å². The molecule has 3 aromatic rings. The highest BCUT2D eigenvalue weighted by Crippen LogP contribution is 2.30. The number of benzene rings is 1. The van der Waals surface area contributed by atoms with Crippen LogP contribution in [0.5, 0.6) is 0 Å². The van der Waals surface area contributed by atoms with Crippen molar-refractivity contribution in [2.75, 3.05) is 11.0 Å². The fraction of sp³-hybridized carbons (Fsp3) is 0.167. The van der Waals surface area contributed by atoms with Crippen LogP contribution in [0.3, 0.4) is 0 Å². The molecular weight excluding hydrogens is 328 g/mol. The third kappa shape index (κ3) is 2.89. The Balaban J connectivity index is 1.94. The van der Waals surface area contributed by atoms with Gasteiger partial charge >= 0.3 is 0 Å². The number of nitrogens with one attached hydrogen (secondary N) is 2. The SMILES string of the molecule is CSc1nc2ccc(NS(=O)(=O)c3cnc(C)[nH]3)cc2s1. The smallest absolute Gasteiger partial charge is 0.278 e. The first-order chi connectivity index (χ1) is 9.98. The Morgan fingerprint density at radius 3 is 2.86 bits per heavy atom. The van der Waals surface area contributed by atoms with Crippen LogP contribution in [0.15, 0.2) is 33.8 Å². The summed E-state index contributed by atoms with van der Waals surface area (Å²) in [6.07, 6.45) is 3.26. The van der Waals surface area contributed by atoms with Gasteiger partial charge in [-0.3, -0.25) is 4.72 Å². The molecule has 0 aliphatic carbocycles.